The molecule has 0 radical (unpaired) electrons. The zero-order valence-electron chi connectivity index (χ0n) is 14.1. The van der Waals surface area contributed by atoms with Crippen molar-refractivity contribution in [2.24, 2.45) is 0 Å². The molecule has 0 heterocycles. The van der Waals surface area contributed by atoms with E-state index in [1.807, 2.05) is 52.0 Å². The van der Waals surface area contributed by atoms with Crippen LogP contribution in [0.15, 0.2) is 24.3 Å². The number of rotatable bonds is 8. The smallest absolute Gasteiger partial charge is 0.223 e. The van der Waals surface area contributed by atoms with E-state index in [-0.39, 0.29) is 18.0 Å². The molecule has 0 bridgehead atoms. The number of carbonyl (C=O) groups excluding carboxylic acids is 1. The van der Waals surface area contributed by atoms with Crippen LogP contribution in [0, 0.1) is 0 Å². The van der Waals surface area contributed by atoms with Gasteiger partial charge >= 0.3 is 0 Å². The summed E-state index contributed by atoms with van der Waals surface area (Å²) in [7, 11) is 0. The Kier molecular flexibility index (Phi) is 7.06. The highest BCUT2D eigenvalue weighted by atomic mass is 16.7. The van der Waals surface area contributed by atoms with Gasteiger partial charge in [-0.3, -0.25) is 4.79 Å². The summed E-state index contributed by atoms with van der Waals surface area (Å²) in [5.41, 5.74) is 1.88. The zero-order chi connectivity index (χ0) is 16.0. The van der Waals surface area contributed by atoms with Gasteiger partial charge in [-0.1, -0.05) is 38.1 Å². The van der Waals surface area contributed by atoms with Gasteiger partial charge in [0.2, 0.25) is 12.1 Å². The van der Waals surface area contributed by atoms with Crippen molar-refractivity contribution >= 4 is 5.78 Å². The van der Waals surface area contributed by atoms with E-state index in [9.17, 15) is 4.79 Å². The molecule has 118 valence electrons. The van der Waals surface area contributed by atoms with Gasteiger partial charge in [-0.2, -0.15) is 0 Å². The fourth-order valence-corrected chi connectivity index (χ4v) is 2.00. The SMILES string of the molecule is CCC(C)c1ccc(C(=O)C(OC(C)C)OC(C)C)cc1. The molecule has 0 N–H and O–H groups in total. The predicted molar refractivity (Wildman–Crippen MR) is 85.7 cm³/mol. The van der Waals surface area contributed by atoms with Gasteiger partial charge in [-0.05, 0) is 45.6 Å². The minimum Gasteiger partial charge on any atom is -0.343 e. The van der Waals surface area contributed by atoms with E-state index in [2.05, 4.69) is 13.8 Å². The van der Waals surface area contributed by atoms with Crippen LogP contribution in [0.25, 0.3) is 0 Å². The molecule has 1 atom stereocenters. The molecule has 1 aromatic carbocycles. The van der Waals surface area contributed by atoms with E-state index in [4.69, 9.17) is 9.47 Å². The maximum absolute atomic E-state index is 12.5. The molecule has 0 aromatic heterocycles. The molecule has 1 rings (SSSR count). The van der Waals surface area contributed by atoms with Crippen molar-refractivity contribution in [3.8, 4) is 0 Å². The molecule has 3 nitrogen and oxygen atoms in total. The lowest BCUT2D eigenvalue weighted by Gasteiger charge is -2.22. The Morgan fingerprint density at radius 3 is 1.81 bits per heavy atom. The van der Waals surface area contributed by atoms with E-state index < -0.39 is 6.29 Å². The van der Waals surface area contributed by atoms with Crippen LogP contribution >= 0.6 is 0 Å². The molecule has 3 heteroatoms. The normalized spacial score (nSPS) is 13.2. The van der Waals surface area contributed by atoms with Crippen molar-refractivity contribution in [1.82, 2.24) is 0 Å². The number of Topliss-reactive ketones (excluding diaryl/α,β-unsaturated/α-hetero) is 1. The summed E-state index contributed by atoms with van der Waals surface area (Å²) in [6.07, 6.45) is 0.136. The van der Waals surface area contributed by atoms with Gasteiger partial charge in [0.1, 0.15) is 0 Å². The van der Waals surface area contributed by atoms with Crippen molar-refractivity contribution in [2.45, 2.75) is 72.4 Å². The third-order valence-corrected chi connectivity index (χ3v) is 3.38. The fourth-order valence-electron chi connectivity index (χ4n) is 2.00. The summed E-state index contributed by atoms with van der Waals surface area (Å²) in [5, 5.41) is 0. The number of hydrogen-bond donors (Lipinski definition) is 0. The minimum atomic E-state index is -0.834. The highest BCUT2D eigenvalue weighted by Crippen LogP contribution is 2.20. The first-order valence-electron chi connectivity index (χ1n) is 7.80. The van der Waals surface area contributed by atoms with Gasteiger partial charge < -0.3 is 9.47 Å². The van der Waals surface area contributed by atoms with Crippen LogP contribution in [0.3, 0.4) is 0 Å². The number of hydrogen-bond acceptors (Lipinski definition) is 3. The summed E-state index contributed by atoms with van der Waals surface area (Å²) in [6.45, 7) is 11.9. The van der Waals surface area contributed by atoms with Crippen molar-refractivity contribution in [3.63, 3.8) is 0 Å². The molecule has 0 saturated carbocycles. The number of ether oxygens (including phenoxy) is 2. The molecular formula is C18H28O3. The largest absolute Gasteiger partial charge is 0.343 e. The summed E-state index contributed by atoms with van der Waals surface area (Å²) in [4.78, 5) is 12.5. The highest BCUT2D eigenvalue weighted by molar-refractivity contribution is 5.98. The van der Waals surface area contributed by atoms with Crippen LogP contribution in [0.2, 0.25) is 0 Å². The van der Waals surface area contributed by atoms with Gasteiger partial charge in [-0.15, -0.1) is 0 Å². The third-order valence-electron chi connectivity index (χ3n) is 3.38. The molecule has 0 spiro atoms. The Bertz CT molecular complexity index is 424. The van der Waals surface area contributed by atoms with E-state index in [1.165, 1.54) is 5.56 Å². The first kappa shape index (κ1) is 17.9. The Labute approximate surface area is 128 Å². The van der Waals surface area contributed by atoms with Crippen molar-refractivity contribution < 1.29 is 14.3 Å². The van der Waals surface area contributed by atoms with Gasteiger partial charge in [0.25, 0.3) is 0 Å². The topological polar surface area (TPSA) is 35.5 Å². The van der Waals surface area contributed by atoms with Crippen LogP contribution in [0.4, 0.5) is 0 Å². The summed E-state index contributed by atoms with van der Waals surface area (Å²) < 4.78 is 11.2. The predicted octanol–water partition coefficient (Wildman–Crippen LogP) is 4.56. The quantitative estimate of drug-likeness (QED) is 0.520. The molecule has 0 aliphatic carbocycles. The van der Waals surface area contributed by atoms with E-state index in [1.54, 1.807) is 0 Å². The lowest BCUT2D eigenvalue weighted by Crippen LogP contribution is -2.32. The van der Waals surface area contributed by atoms with Crippen LogP contribution < -0.4 is 0 Å². The summed E-state index contributed by atoms with van der Waals surface area (Å²) in [6, 6.07) is 7.76. The lowest BCUT2D eigenvalue weighted by atomic mass is 9.97. The van der Waals surface area contributed by atoms with E-state index in [0.717, 1.165) is 6.42 Å². The van der Waals surface area contributed by atoms with Crippen LogP contribution in [-0.2, 0) is 9.47 Å². The van der Waals surface area contributed by atoms with Crippen molar-refractivity contribution in [3.05, 3.63) is 35.4 Å². The molecule has 0 saturated heterocycles. The molecule has 1 aromatic rings. The fraction of sp³-hybridized carbons (Fsp3) is 0.611. The molecular weight excluding hydrogens is 264 g/mol. The standard InChI is InChI=1S/C18H28O3/c1-7-14(6)15-8-10-16(11-9-15)17(19)18(20-12(2)3)21-13(4)5/h8-14,18H,7H2,1-6H3. The Balaban J connectivity index is 2.87. The maximum atomic E-state index is 12.5. The molecule has 0 aliphatic rings. The Morgan fingerprint density at radius 1 is 0.952 bits per heavy atom. The average molecular weight is 292 g/mol. The summed E-state index contributed by atoms with van der Waals surface area (Å²) in [5.74, 6) is 0.386. The second kappa shape index (κ2) is 8.30. The van der Waals surface area contributed by atoms with Crippen LogP contribution in [-0.4, -0.2) is 24.3 Å². The average Bonchev–Trinajstić information content (AvgIpc) is 2.44. The van der Waals surface area contributed by atoms with Gasteiger partial charge in [0, 0.05) is 5.56 Å². The van der Waals surface area contributed by atoms with Gasteiger partial charge in [0.15, 0.2) is 0 Å². The first-order chi connectivity index (χ1) is 9.85. The highest BCUT2D eigenvalue weighted by Gasteiger charge is 2.24. The zero-order valence-corrected chi connectivity index (χ0v) is 14.1. The summed E-state index contributed by atoms with van der Waals surface area (Å²) >= 11 is 0. The first-order valence-corrected chi connectivity index (χ1v) is 7.80. The van der Waals surface area contributed by atoms with Crippen molar-refractivity contribution in [2.75, 3.05) is 0 Å². The van der Waals surface area contributed by atoms with E-state index in [0.29, 0.717) is 11.5 Å². The van der Waals surface area contributed by atoms with Crippen molar-refractivity contribution in [1.29, 1.82) is 0 Å². The lowest BCUT2D eigenvalue weighted by molar-refractivity contribution is -0.152. The van der Waals surface area contributed by atoms with Crippen LogP contribution in [0.5, 0.6) is 0 Å². The Morgan fingerprint density at radius 2 is 1.43 bits per heavy atom. The third kappa shape index (κ3) is 5.60. The number of carbonyl (C=O) groups is 1. The second-order valence-corrected chi connectivity index (χ2v) is 6.00. The number of ketones is 1. The second-order valence-electron chi connectivity index (χ2n) is 6.00. The number of benzene rings is 1. The molecule has 21 heavy (non-hydrogen) atoms. The molecule has 1 unspecified atom stereocenters. The monoisotopic (exact) mass is 292 g/mol. The minimum absolute atomic E-state index is 0.0583. The maximum Gasteiger partial charge on any atom is 0.223 e. The van der Waals surface area contributed by atoms with Gasteiger partial charge in [0.05, 0.1) is 12.2 Å². The molecule has 0 fully saturated rings. The van der Waals surface area contributed by atoms with E-state index >= 15 is 0 Å². The molecule has 0 amide bonds. The Hall–Kier alpha value is -1.19. The van der Waals surface area contributed by atoms with Crippen LogP contribution in [0.1, 0.15) is 69.8 Å². The molecule has 0 aliphatic heterocycles. The van der Waals surface area contributed by atoms with Gasteiger partial charge in [-0.25, -0.2) is 0 Å².